The second kappa shape index (κ2) is 6.20. The van der Waals surface area contributed by atoms with Crippen molar-refractivity contribution in [3.8, 4) is 0 Å². The first-order valence-corrected chi connectivity index (χ1v) is 7.17. The molecular formula is C16H23NO2. The third kappa shape index (κ3) is 3.16. The van der Waals surface area contributed by atoms with Gasteiger partial charge in [-0.25, -0.2) is 0 Å². The summed E-state index contributed by atoms with van der Waals surface area (Å²) < 4.78 is 5.64. The summed E-state index contributed by atoms with van der Waals surface area (Å²) >= 11 is 0. The summed E-state index contributed by atoms with van der Waals surface area (Å²) in [4.78, 5) is 12.1. The number of aryl methyl sites for hydroxylation is 1. The first kappa shape index (κ1) is 14.1. The molecule has 0 spiro atoms. The molecule has 1 aliphatic carbocycles. The smallest absolute Gasteiger partial charge is 0.323 e. The second-order valence-corrected chi connectivity index (χ2v) is 5.43. The molecule has 0 fully saturated rings. The number of carbonyl (C=O) groups excluding carboxylic acids is 1. The van der Waals surface area contributed by atoms with Crippen molar-refractivity contribution in [3.05, 3.63) is 35.4 Å². The summed E-state index contributed by atoms with van der Waals surface area (Å²) in [5.41, 5.74) is 8.38. The minimum Gasteiger partial charge on any atom is -0.456 e. The molecule has 0 radical (unpaired) electrons. The maximum absolute atomic E-state index is 12.1. The van der Waals surface area contributed by atoms with E-state index in [1.165, 1.54) is 5.56 Å². The average Bonchev–Trinajstić information content (AvgIpc) is 2.46. The van der Waals surface area contributed by atoms with Gasteiger partial charge in [0.2, 0.25) is 0 Å². The molecule has 0 saturated carbocycles. The standard InChI is InChI=1S/C16H23NO2/c1-3-11(2)15(17)16(18)19-14-10-6-8-12-7-4-5-9-13(12)14/h4-5,7,9,11,14-15H,3,6,8,10,17H2,1-2H3. The Morgan fingerprint density at radius 2 is 2.21 bits per heavy atom. The van der Waals surface area contributed by atoms with Crippen LogP contribution < -0.4 is 5.73 Å². The van der Waals surface area contributed by atoms with E-state index < -0.39 is 6.04 Å². The van der Waals surface area contributed by atoms with Gasteiger partial charge in [0.25, 0.3) is 0 Å². The van der Waals surface area contributed by atoms with Crippen molar-refractivity contribution in [1.29, 1.82) is 0 Å². The Hall–Kier alpha value is -1.35. The third-order valence-corrected chi connectivity index (χ3v) is 4.10. The normalized spacial score (nSPS) is 21.3. The monoisotopic (exact) mass is 261 g/mol. The van der Waals surface area contributed by atoms with Gasteiger partial charge in [-0.1, -0.05) is 44.5 Å². The van der Waals surface area contributed by atoms with Crippen LogP contribution >= 0.6 is 0 Å². The maximum Gasteiger partial charge on any atom is 0.323 e. The van der Waals surface area contributed by atoms with Crippen LogP contribution in [0.2, 0.25) is 0 Å². The molecule has 104 valence electrons. The Morgan fingerprint density at radius 1 is 1.47 bits per heavy atom. The SMILES string of the molecule is CCC(C)C(N)C(=O)OC1CCCc2ccccc21. The molecular weight excluding hydrogens is 238 g/mol. The Kier molecular flexibility index (Phi) is 4.59. The van der Waals surface area contributed by atoms with Crippen molar-refractivity contribution < 1.29 is 9.53 Å². The highest BCUT2D eigenvalue weighted by molar-refractivity contribution is 5.76. The summed E-state index contributed by atoms with van der Waals surface area (Å²) in [7, 11) is 0. The molecule has 1 aromatic rings. The quantitative estimate of drug-likeness (QED) is 0.848. The van der Waals surface area contributed by atoms with Gasteiger partial charge in [0.15, 0.2) is 0 Å². The molecule has 1 aromatic carbocycles. The Morgan fingerprint density at radius 3 is 2.95 bits per heavy atom. The average molecular weight is 261 g/mol. The molecule has 3 nitrogen and oxygen atoms in total. The molecule has 19 heavy (non-hydrogen) atoms. The summed E-state index contributed by atoms with van der Waals surface area (Å²) in [5.74, 6) is -0.109. The minimum atomic E-state index is -0.515. The Balaban J connectivity index is 2.06. The highest BCUT2D eigenvalue weighted by atomic mass is 16.5. The second-order valence-electron chi connectivity index (χ2n) is 5.43. The predicted molar refractivity (Wildman–Crippen MR) is 75.6 cm³/mol. The van der Waals surface area contributed by atoms with Gasteiger partial charge in [0.1, 0.15) is 12.1 Å². The van der Waals surface area contributed by atoms with Gasteiger partial charge in [0.05, 0.1) is 0 Å². The fourth-order valence-corrected chi connectivity index (χ4v) is 2.54. The van der Waals surface area contributed by atoms with E-state index in [1.807, 2.05) is 26.0 Å². The Bertz CT molecular complexity index is 444. The van der Waals surface area contributed by atoms with Crippen LogP contribution in [0.4, 0.5) is 0 Å². The molecule has 0 saturated heterocycles. The van der Waals surface area contributed by atoms with Crippen molar-refractivity contribution in [2.75, 3.05) is 0 Å². The van der Waals surface area contributed by atoms with Crippen molar-refractivity contribution in [1.82, 2.24) is 0 Å². The lowest BCUT2D eigenvalue weighted by atomic mass is 9.89. The number of nitrogens with two attached hydrogens (primary N) is 1. The van der Waals surface area contributed by atoms with Crippen LogP contribution in [0.15, 0.2) is 24.3 Å². The van der Waals surface area contributed by atoms with Crippen molar-refractivity contribution in [3.63, 3.8) is 0 Å². The van der Waals surface area contributed by atoms with E-state index in [0.717, 1.165) is 31.2 Å². The van der Waals surface area contributed by atoms with E-state index in [-0.39, 0.29) is 18.0 Å². The number of hydrogen-bond acceptors (Lipinski definition) is 3. The van der Waals surface area contributed by atoms with Gasteiger partial charge >= 0.3 is 5.97 Å². The number of fused-ring (bicyclic) bond motifs is 1. The number of benzene rings is 1. The van der Waals surface area contributed by atoms with Crippen LogP contribution in [0, 0.1) is 5.92 Å². The van der Waals surface area contributed by atoms with Gasteiger partial charge in [-0.05, 0) is 36.3 Å². The van der Waals surface area contributed by atoms with Crippen LogP contribution in [0.5, 0.6) is 0 Å². The molecule has 0 aromatic heterocycles. The first-order chi connectivity index (χ1) is 9.13. The van der Waals surface area contributed by atoms with E-state index >= 15 is 0 Å². The van der Waals surface area contributed by atoms with Crippen molar-refractivity contribution >= 4 is 5.97 Å². The van der Waals surface area contributed by atoms with Crippen LogP contribution in [0.25, 0.3) is 0 Å². The zero-order valence-electron chi connectivity index (χ0n) is 11.8. The molecule has 2 N–H and O–H groups in total. The number of rotatable bonds is 4. The van der Waals surface area contributed by atoms with Crippen LogP contribution in [-0.2, 0) is 16.0 Å². The molecule has 0 heterocycles. The van der Waals surface area contributed by atoms with Crippen LogP contribution in [0.1, 0.15) is 50.3 Å². The van der Waals surface area contributed by atoms with Gasteiger partial charge in [0, 0.05) is 0 Å². The summed E-state index contributed by atoms with van der Waals surface area (Å²) in [6.07, 6.45) is 3.80. The maximum atomic E-state index is 12.1. The molecule has 0 aliphatic heterocycles. The highest BCUT2D eigenvalue weighted by Crippen LogP contribution is 2.32. The van der Waals surface area contributed by atoms with Crippen molar-refractivity contribution in [2.45, 2.75) is 51.7 Å². The molecule has 3 heteroatoms. The Labute approximate surface area is 115 Å². The number of carbonyl (C=O) groups is 1. The lowest BCUT2D eigenvalue weighted by Gasteiger charge is -2.27. The zero-order valence-corrected chi connectivity index (χ0v) is 11.8. The van der Waals surface area contributed by atoms with Gasteiger partial charge in [-0.15, -0.1) is 0 Å². The first-order valence-electron chi connectivity index (χ1n) is 7.17. The number of ether oxygens (including phenoxy) is 1. The highest BCUT2D eigenvalue weighted by Gasteiger charge is 2.27. The van der Waals surface area contributed by atoms with E-state index in [2.05, 4.69) is 12.1 Å². The fourth-order valence-electron chi connectivity index (χ4n) is 2.54. The van der Waals surface area contributed by atoms with Crippen LogP contribution in [-0.4, -0.2) is 12.0 Å². The molecule has 3 atom stereocenters. The van der Waals surface area contributed by atoms with Crippen molar-refractivity contribution in [2.24, 2.45) is 11.7 Å². The predicted octanol–water partition coefficient (Wildman–Crippen LogP) is 2.98. The summed E-state index contributed by atoms with van der Waals surface area (Å²) in [5, 5.41) is 0. The topological polar surface area (TPSA) is 52.3 Å². The van der Waals surface area contributed by atoms with E-state index in [4.69, 9.17) is 10.5 Å². The largest absolute Gasteiger partial charge is 0.456 e. The lowest BCUT2D eigenvalue weighted by Crippen LogP contribution is -2.38. The zero-order chi connectivity index (χ0) is 13.8. The molecule has 0 bridgehead atoms. The molecule has 0 amide bonds. The van der Waals surface area contributed by atoms with Gasteiger partial charge in [-0.2, -0.15) is 0 Å². The van der Waals surface area contributed by atoms with E-state index in [0.29, 0.717) is 0 Å². The van der Waals surface area contributed by atoms with Crippen LogP contribution in [0.3, 0.4) is 0 Å². The lowest BCUT2D eigenvalue weighted by molar-refractivity contribution is -0.153. The third-order valence-electron chi connectivity index (χ3n) is 4.10. The van der Waals surface area contributed by atoms with E-state index in [1.54, 1.807) is 0 Å². The minimum absolute atomic E-state index is 0.118. The molecule has 3 unspecified atom stereocenters. The van der Waals surface area contributed by atoms with E-state index in [9.17, 15) is 4.79 Å². The summed E-state index contributed by atoms with van der Waals surface area (Å²) in [6.45, 7) is 4.02. The fraction of sp³-hybridized carbons (Fsp3) is 0.562. The number of hydrogen-bond donors (Lipinski definition) is 1. The summed E-state index contributed by atoms with van der Waals surface area (Å²) in [6, 6.07) is 7.69. The molecule has 1 aliphatic rings. The van der Waals surface area contributed by atoms with Gasteiger partial charge in [-0.3, -0.25) is 4.79 Å². The van der Waals surface area contributed by atoms with Gasteiger partial charge < -0.3 is 10.5 Å². The molecule has 2 rings (SSSR count). The number of esters is 1.